The number of aryl methyl sites for hydroxylation is 1. The maximum absolute atomic E-state index is 12.6. The van der Waals surface area contributed by atoms with E-state index < -0.39 is 0 Å². The fraction of sp³-hybridized carbons (Fsp3) is 0.286. The fourth-order valence-corrected chi connectivity index (χ4v) is 3.74. The van der Waals surface area contributed by atoms with Crippen molar-refractivity contribution in [2.24, 2.45) is 0 Å². The Bertz CT molecular complexity index is 990. The molecule has 1 unspecified atom stereocenters. The number of amides is 1. The van der Waals surface area contributed by atoms with Gasteiger partial charge in [-0.3, -0.25) is 4.79 Å². The average molecular weight is 350 g/mol. The fourth-order valence-electron chi connectivity index (χ4n) is 3.74. The van der Waals surface area contributed by atoms with E-state index in [2.05, 4.69) is 35.4 Å². The van der Waals surface area contributed by atoms with Gasteiger partial charge < -0.3 is 19.8 Å². The number of nitrogens with one attached hydrogen (secondary N) is 2. The summed E-state index contributed by atoms with van der Waals surface area (Å²) in [7, 11) is 3.14. The van der Waals surface area contributed by atoms with Crippen molar-refractivity contribution in [1.82, 2.24) is 10.3 Å². The number of hydrogen-bond acceptors (Lipinski definition) is 3. The van der Waals surface area contributed by atoms with Crippen molar-refractivity contribution in [1.29, 1.82) is 0 Å². The third kappa shape index (κ3) is 2.79. The highest BCUT2D eigenvalue weighted by atomic mass is 16.5. The number of carbonyl (C=O) groups excluding carboxylic acids is 1. The van der Waals surface area contributed by atoms with Crippen molar-refractivity contribution in [2.75, 3.05) is 14.2 Å². The van der Waals surface area contributed by atoms with Crippen LogP contribution in [0.1, 0.15) is 27.2 Å². The monoisotopic (exact) mass is 350 g/mol. The van der Waals surface area contributed by atoms with Crippen molar-refractivity contribution in [3.63, 3.8) is 0 Å². The Morgan fingerprint density at radius 2 is 1.88 bits per heavy atom. The highest BCUT2D eigenvalue weighted by Crippen LogP contribution is 2.31. The molecule has 4 rings (SSSR count). The van der Waals surface area contributed by atoms with E-state index in [1.54, 1.807) is 32.4 Å². The van der Waals surface area contributed by atoms with E-state index in [4.69, 9.17) is 9.47 Å². The summed E-state index contributed by atoms with van der Waals surface area (Å²) < 4.78 is 10.5. The topological polar surface area (TPSA) is 63.3 Å². The van der Waals surface area contributed by atoms with Crippen LogP contribution in [0.2, 0.25) is 0 Å². The lowest BCUT2D eigenvalue weighted by atomic mass is 10.1. The summed E-state index contributed by atoms with van der Waals surface area (Å²) >= 11 is 0. The van der Waals surface area contributed by atoms with E-state index in [-0.39, 0.29) is 11.9 Å². The number of H-pyrrole nitrogens is 1. The van der Waals surface area contributed by atoms with Crippen LogP contribution in [0.15, 0.2) is 36.4 Å². The van der Waals surface area contributed by atoms with Crippen LogP contribution < -0.4 is 14.8 Å². The number of rotatable bonds is 4. The molecule has 1 amide bonds. The molecule has 0 saturated carbocycles. The molecular formula is C21H22N2O3. The lowest BCUT2D eigenvalue weighted by Crippen LogP contribution is -2.35. The maximum Gasteiger partial charge on any atom is 0.251 e. The van der Waals surface area contributed by atoms with E-state index >= 15 is 0 Å². The van der Waals surface area contributed by atoms with Crippen molar-refractivity contribution in [3.8, 4) is 11.5 Å². The molecular weight excluding hydrogens is 328 g/mol. The normalized spacial score (nSPS) is 15.7. The number of benzene rings is 2. The van der Waals surface area contributed by atoms with Gasteiger partial charge in [-0.25, -0.2) is 0 Å². The van der Waals surface area contributed by atoms with E-state index in [9.17, 15) is 4.79 Å². The highest BCUT2D eigenvalue weighted by molar-refractivity contribution is 5.95. The third-order valence-electron chi connectivity index (χ3n) is 5.03. The van der Waals surface area contributed by atoms with Crippen LogP contribution in [0.25, 0.3) is 10.9 Å². The van der Waals surface area contributed by atoms with Gasteiger partial charge in [-0.1, -0.05) is 11.6 Å². The van der Waals surface area contributed by atoms with Crippen LogP contribution in [0, 0.1) is 6.92 Å². The molecule has 3 aromatic rings. The molecule has 0 bridgehead atoms. The standard InChI is InChI=1S/C21H22N2O3/c1-12-4-6-17-15(8-12)16-10-14(11-18(16)23-17)22-21(24)13-5-7-19(25-2)20(9-13)26-3/h4-9,14,23H,10-11H2,1-3H3,(H,22,24). The van der Waals surface area contributed by atoms with Gasteiger partial charge in [-0.05, 0) is 49.2 Å². The summed E-state index contributed by atoms with van der Waals surface area (Å²) in [6, 6.07) is 11.8. The Kier molecular flexibility index (Phi) is 4.07. The Morgan fingerprint density at radius 3 is 2.65 bits per heavy atom. The first-order chi connectivity index (χ1) is 12.6. The summed E-state index contributed by atoms with van der Waals surface area (Å²) in [6.45, 7) is 2.10. The van der Waals surface area contributed by atoms with Gasteiger partial charge in [-0.15, -0.1) is 0 Å². The molecule has 2 aromatic carbocycles. The molecule has 5 heteroatoms. The molecule has 0 aliphatic heterocycles. The average Bonchev–Trinajstić information content (AvgIpc) is 3.18. The quantitative estimate of drug-likeness (QED) is 0.758. The van der Waals surface area contributed by atoms with Gasteiger partial charge >= 0.3 is 0 Å². The summed E-state index contributed by atoms with van der Waals surface area (Å²) in [5.74, 6) is 1.07. The lowest BCUT2D eigenvalue weighted by Gasteiger charge is -2.14. The molecule has 1 aliphatic rings. The first-order valence-corrected chi connectivity index (χ1v) is 8.72. The first-order valence-electron chi connectivity index (χ1n) is 8.72. The van der Waals surface area contributed by atoms with Crippen molar-refractivity contribution in [2.45, 2.75) is 25.8 Å². The smallest absolute Gasteiger partial charge is 0.251 e. The Morgan fingerprint density at radius 1 is 1.08 bits per heavy atom. The second-order valence-electron chi connectivity index (χ2n) is 6.78. The third-order valence-corrected chi connectivity index (χ3v) is 5.03. The molecule has 2 N–H and O–H groups in total. The minimum Gasteiger partial charge on any atom is -0.493 e. The number of ether oxygens (including phenoxy) is 2. The van der Waals surface area contributed by atoms with Crippen LogP contribution in [0.3, 0.4) is 0 Å². The maximum atomic E-state index is 12.6. The van der Waals surface area contributed by atoms with E-state index in [0.717, 1.165) is 12.8 Å². The van der Waals surface area contributed by atoms with Crippen LogP contribution in [0.4, 0.5) is 0 Å². The second-order valence-corrected chi connectivity index (χ2v) is 6.78. The lowest BCUT2D eigenvalue weighted by molar-refractivity contribution is 0.0938. The van der Waals surface area contributed by atoms with Crippen molar-refractivity contribution >= 4 is 16.8 Å². The van der Waals surface area contributed by atoms with Crippen molar-refractivity contribution < 1.29 is 14.3 Å². The van der Waals surface area contributed by atoms with Gasteiger partial charge in [0.05, 0.1) is 14.2 Å². The van der Waals surface area contributed by atoms with E-state index in [0.29, 0.717) is 17.1 Å². The Hall–Kier alpha value is -2.95. The van der Waals surface area contributed by atoms with Crippen LogP contribution in [-0.2, 0) is 12.8 Å². The van der Waals surface area contributed by atoms with E-state index in [1.165, 1.54) is 27.7 Å². The minimum atomic E-state index is -0.0957. The second kappa shape index (κ2) is 6.41. The number of hydrogen-bond donors (Lipinski definition) is 2. The van der Waals surface area contributed by atoms with Crippen LogP contribution >= 0.6 is 0 Å². The molecule has 0 fully saturated rings. The Balaban J connectivity index is 1.51. The zero-order valence-electron chi connectivity index (χ0n) is 15.2. The number of fused-ring (bicyclic) bond motifs is 3. The van der Waals surface area contributed by atoms with Gasteiger partial charge in [0.15, 0.2) is 11.5 Å². The molecule has 5 nitrogen and oxygen atoms in total. The molecule has 1 atom stereocenters. The molecule has 26 heavy (non-hydrogen) atoms. The Labute approximate surface area is 152 Å². The van der Waals surface area contributed by atoms with Gasteiger partial charge in [0.2, 0.25) is 0 Å². The zero-order chi connectivity index (χ0) is 18.3. The van der Waals surface area contributed by atoms with Crippen LogP contribution in [0.5, 0.6) is 11.5 Å². The highest BCUT2D eigenvalue weighted by Gasteiger charge is 2.27. The van der Waals surface area contributed by atoms with E-state index in [1.807, 2.05) is 0 Å². The van der Waals surface area contributed by atoms with Gasteiger partial charge in [-0.2, -0.15) is 0 Å². The predicted molar refractivity (Wildman–Crippen MR) is 101 cm³/mol. The number of carbonyl (C=O) groups is 1. The molecule has 1 aromatic heterocycles. The first kappa shape index (κ1) is 16.5. The molecule has 0 saturated heterocycles. The number of aromatic amines is 1. The number of aromatic nitrogens is 1. The summed E-state index contributed by atoms with van der Waals surface area (Å²) in [5.41, 5.74) is 5.53. The minimum absolute atomic E-state index is 0.0957. The molecule has 134 valence electrons. The van der Waals surface area contributed by atoms with Crippen molar-refractivity contribution in [3.05, 3.63) is 58.8 Å². The number of methoxy groups -OCH3 is 2. The summed E-state index contributed by atoms with van der Waals surface area (Å²) in [6.07, 6.45) is 1.67. The predicted octanol–water partition coefficient (Wildman–Crippen LogP) is 3.39. The van der Waals surface area contributed by atoms with Gasteiger partial charge in [0.1, 0.15) is 0 Å². The summed E-state index contributed by atoms with van der Waals surface area (Å²) in [4.78, 5) is 16.1. The molecule has 0 radical (unpaired) electrons. The SMILES string of the molecule is COc1ccc(C(=O)NC2Cc3[nH]c4ccc(C)cc4c3C2)cc1OC. The molecule has 1 heterocycles. The van der Waals surface area contributed by atoms with Gasteiger partial charge in [0.25, 0.3) is 5.91 Å². The largest absolute Gasteiger partial charge is 0.493 e. The molecule has 1 aliphatic carbocycles. The summed E-state index contributed by atoms with van der Waals surface area (Å²) in [5, 5.41) is 4.41. The molecule has 0 spiro atoms. The zero-order valence-corrected chi connectivity index (χ0v) is 15.2. The van der Waals surface area contributed by atoms with Crippen LogP contribution in [-0.4, -0.2) is 31.2 Å². The van der Waals surface area contributed by atoms with Gasteiger partial charge in [0, 0.05) is 34.6 Å².